The molecule has 1 aromatic heterocycles. The zero-order chi connectivity index (χ0) is 24.4. The monoisotopic (exact) mass is 463 g/mol. The number of aromatic nitrogens is 2. The first-order chi connectivity index (χ1) is 15.6. The van der Waals surface area contributed by atoms with Crippen molar-refractivity contribution in [2.75, 3.05) is 12.8 Å². The Morgan fingerprint density at radius 1 is 0.727 bits per heavy atom. The summed E-state index contributed by atoms with van der Waals surface area (Å²) in [6.45, 7) is 23.3. The minimum absolute atomic E-state index is 0.326. The van der Waals surface area contributed by atoms with Crippen molar-refractivity contribution < 1.29 is 4.57 Å². The minimum Gasteiger partial charge on any atom is -0.195 e. The average Bonchev–Trinajstić information content (AvgIpc) is 3.21. The van der Waals surface area contributed by atoms with E-state index in [2.05, 4.69) is 127 Å². The highest BCUT2D eigenvalue weighted by molar-refractivity contribution is 7.64. The lowest BCUT2D eigenvalue weighted by atomic mass is 9.92. The van der Waals surface area contributed by atoms with Crippen LogP contribution in [-0.2, 0) is 0 Å². The number of imidazole rings is 1. The Hall–Kier alpha value is -1.92. The molecule has 0 spiro atoms. The fraction of sp³-hybridized carbons (Fsp3) is 0.500. The Labute approximate surface area is 203 Å². The van der Waals surface area contributed by atoms with Crippen LogP contribution in [0.5, 0.6) is 0 Å². The molecule has 0 N–H and O–H groups in total. The van der Waals surface area contributed by atoms with E-state index in [0.29, 0.717) is 23.7 Å². The van der Waals surface area contributed by atoms with Crippen molar-refractivity contribution in [1.82, 2.24) is 4.57 Å². The van der Waals surface area contributed by atoms with Gasteiger partial charge in [-0.05, 0) is 36.5 Å². The van der Waals surface area contributed by atoms with E-state index in [1.807, 2.05) is 0 Å². The van der Waals surface area contributed by atoms with Crippen LogP contribution in [0, 0.1) is 0 Å². The third-order valence-electron chi connectivity index (χ3n) is 6.78. The van der Waals surface area contributed by atoms with E-state index in [1.54, 1.807) is 0 Å². The van der Waals surface area contributed by atoms with E-state index in [9.17, 15) is 0 Å². The van der Waals surface area contributed by atoms with Gasteiger partial charge in [-0.2, -0.15) is 9.13 Å². The van der Waals surface area contributed by atoms with E-state index in [4.69, 9.17) is 0 Å². The fourth-order valence-corrected chi connectivity index (χ4v) is 6.17. The van der Waals surface area contributed by atoms with Gasteiger partial charge in [0.15, 0.2) is 0 Å². The van der Waals surface area contributed by atoms with E-state index in [1.165, 1.54) is 45.4 Å². The molecule has 0 radical (unpaired) electrons. The number of para-hydroxylation sites is 2. The van der Waals surface area contributed by atoms with Crippen molar-refractivity contribution in [2.24, 2.45) is 0 Å². The molecule has 0 saturated heterocycles. The maximum Gasteiger partial charge on any atom is 0.286 e. The van der Waals surface area contributed by atoms with Gasteiger partial charge in [-0.1, -0.05) is 98.7 Å². The van der Waals surface area contributed by atoms with Crippen LogP contribution in [0.4, 0.5) is 0 Å². The highest BCUT2D eigenvalue weighted by atomic mass is 31.1. The Bertz CT molecular complexity index is 955. The number of hydrogen-bond acceptors (Lipinski definition) is 0. The molecule has 0 aliphatic carbocycles. The van der Waals surface area contributed by atoms with E-state index in [0.717, 1.165) is 0 Å². The first-order valence-corrected chi connectivity index (χ1v) is 14.7. The van der Waals surface area contributed by atoms with Gasteiger partial charge < -0.3 is 0 Å². The van der Waals surface area contributed by atoms with Crippen molar-refractivity contribution in [3.63, 3.8) is 0 Å². The summed E-state index contributed by atoms with van der Waals surface area (Å²) < 4.78 is 5.09. The van der Waals surface area contributed by atoms with Gasteiger partial charge in [-0.15, -0.1) is 0 Å². The minimum atomic E-state index is -0.326. The smallest absolute Gasteiger partial charge is 0.195 e. The van der Waals surface area contributed by atoms with Crippen LogP contribution in [-0.4, -0.2) is 17.4 Å². The van der Waals surface area contributed by atoms with Crippen LogP contribution in [0.2, 0.25) is 0 Å². The first kappa shape index (κ1) is 25.7. The van der Waals surface area contributed by atoms with Crippen LogP contribution in [0.1, 0.15) is 108 Å². The van der Waals surface area contributed by atoms with Gasteiger partial charge in [-0.3, -0.25) is 0 Å². The highest BCUT2D eigenvalue weighted by Crippen LogP contribution is 2.36. The molecule has 0 aliphatic rings. The summed E-state index contributed by atoms with van der Waals surface area (Å²) in [5, 5.41) is 0. The van der Waals surface area contributed by atoms with Crippen molar-refractivity contribution in [3.8, 4) is 11.4 Å². The molecule has 3 heteroatoms. The quantitative estimate of drug-likeness (QED) is 0.236. The third kappa shape index (κ3) is 4.97. The predicted octanol–water partition coefficient (Wildman–Crippen LogP) is 8.00. The Morgan fingerprint density at radius 3 is 1.55 bits per heavy atom. The summed E-state index contributed by atoms with van der Waals surface area (Å²) in [5.41, 5.74) is 9.98. The maximum atomic E-state index is 2.54. The Morgan fingerprint density at radius 2 is 1.15 bits per heavy atom. The number of hydrogen-bond donors (Lipinski definition) is 0. The summed E-state index contributed by atoms with van der Waals surface area (Å²) in [6.07, 6.45) is 5.83. The molecule has 0 amide bonds. The lowest BCUT2D eigenvalue weighted by molar-refractivity contribution is -0.576. The summed E-state index contributed by atoms with van der Waals surface area (Å²) in [6, 6.07) is 13.8. The second-order valence-corrected chi connectivity index (χ2v) is 13.0. The van der Waals surface area contributed by atoms with Crippen LogP contribution >= 0.6 is 7.92 Å². The zero-order valence-corrected chi connectivity index (χ0v) is 23.4. The van der Waals surface area contributed by atoms with E-state index < -0.39 is 0 Å². The molecule has 0 saturated carbocycles. The van der Waals surface area contributed by atoms with Gasteiger partial charge in [0.25, 0.3) is 5.57 Å². The molecular weight excluding hydrogens is 419 g/mol. The van der Waals surface area contributed by atoms with Crippen molar-refractivity contribution in [3.05, 3.63) is 71.0 Å². The summed E-state index contributed by atoms with van der Waals surface area (Å²) >= 11 is 0. The molecule has 1 heterocycles. The lowest BCUT2D eigenvalue weighted by Crippen LogP contribution is -2.48. The third-order valence-corrected chi connectivity index (χ3v) is 8.84. The summed E-state index contributed by atoms with van der Waals surface area (Å²) in [7, 11) is -0.326. The van der Waals surface area contributed by atoms with E-state index >= 15 is 0 Å². The standard InChI is InChI=1S/C30H44N2P/c1-11-33(10)30-31(28-24(20(2)3)14-12-15-25(28)21(4)5)18-19-32(30)29-26(22(6)7)16-13-17-27(29)23(8)9/h12-23H,11H2,1-10H3/q+1. The van der Waals surface area contributed by atoms with Gasteiger partial charge in [0.2, 0.25) is 0 Å². The molecular formula is C30H44N2P+. The van der Waals surface area contributed by atoms with Crippen LogP contribution in [0.15, 0.2) is 48.8 Å². The SMILES string of the molecule is CCP(C)c1n(-c2c(C(C)C)cccc2C(C)C)cc[n+]1-c1c(C(C)C)cccc1C(C)C. The molecule has 0 bridgehead atoms. The van der Waals surface area contributed by atoms with Gasteiger partial charge >= 0.3 is 0 Å². The topological polar surface area (TPSA) is 8.81 Å². The average molecular weight is 464 g/mol. The maximum absolute atomic E-state index is 2.54. The second-order valence-electron chi connectivity index (χ2n) is 10.5. The second kappa shape index (κ2) is 10.6. The number of benzene rings is 2. The molecule has 2 aromatic carbocycles. The molecule has 3 aromatic rings. The summed E-state index contributed by atoms with van der Waals surface area (Å²) in [5.74, 6) is 1.89. The molecule has 0 aliphatic heterocycles. The fourth-order valence-electron chi connectivity index (χ4n) is 4.82. The molecule has 2 nitrogen and oxygen atoms in total. The van der Waals surface area contributed by atoms with Gasteiger partial charge in [0.05, 0.1) is 0 Å². The largest absolute Gasteiger partial charge is 0.286 e. The van der Waals surface area contributed by atoms with Gasteiger partial charge in [0, 0.05) is 30.2 Å². The van der Waals surface area contributed by atoms with E-state index in [-0.39, 0.29) is 7.92 Å². The van der Waals surface area contributed by atoms with Gasteiger partial charge in [0.1, 0.15) is 23.8 Å². The lowest BCUT2D eigenvalue weighted by Gasteiger charge is -2.21. The molecule has 3 rings (SSSR count). The summed E-state index contributed by atoms with van der Waals surface area (Å²) in [4.78, 5) is 0. The van der Waals surface area contributed by atoms with Crippen molar-refractivity contribution >= 4 is 13.5 Å². The number of rotatable bonds is 8. The Kier molecular flexibility index (Phi) is 8.22. The molecule has 178 valence electrons. The molecule has 1 atom stereocenters. The first-order valence-electron chi connectivity index (χ1n) is 12.7. The van der Waals surface area contributed by atoms with Crippen molar-refractivity contribution in [1.29, 1.82) is 0 Å². The molecule has 33 heavy (non-hydrogen) atoms. The van der Waals surface area contributed by atoms with Crippen LogP contribution < -0.4 is 10.1 Å². The Balaban J connectivity index is 2.44. The molecule has 0 fully saturated rings. The van der Waals surface area contributed by atoms with Crippen molar-refractivity contribution in [2.45, 2.75) is 86.0 Å². The predicted molar refractivity (Wildman–Crippen MR) is 147 cm³/mol. The van der Waals surface area contributed by atoms with Crippen LogP contribution in [0.3, 0.4) is 0 Å². The molecule has 1 unspecified atom stereocenters. The van der Waals surface area contributed by atoms with Crippen LogP contribution in [0.25, 0.3) is 11.4 Å². The highest BCUT2D eigenvalue weighted by Gasteiger charge is 2.31. The zero-order valence-electron chi connectivity index (χ0n) is 22.5. The normalized spacial score (nSPS) is 13.0. The van der Waals surface area contributed by atoms with Gasteiger partial charge in [-0.25, -0.2) is 0 Å². The number of nitrogens with zero attached hydrogens (tertiary/aromatic N) is 2.